The van der Waals surface area contributed by atoms with Gasteiger partial charge in [0.25, 0.3) is 5.91 Å². The fraction of sp³-hybridized carbons (Fsp3) is 0.733. The first-order valence-corrected chi connectivity index (χ1v) is 7.53. The van der Waals surface area contributed by atoms with Gasteiger partial charge in [-0.05, 0) is 26.7 Å². The predicted octanol–water partition coefficient (Wildman–Crippen LogP) is 1.68. The van der Waals surface area contributed by atoms with Crippen LogP contribution in [0.15, 0.2) is 0 Å². The third kappa shape index (κ3) is 2.46. The fourth-order valence-corrected chi connectivity index (χ4v) is 3.23. The number of fused-ring (bicyclic) bond motifs is 1. The van der Waals surface area contributed by atoms with Crippen molar-refractivity contribution in [1.82, 2.24) is 15.1 Å². The van der Waals surface area contributed by atoms with Crippen LogP contribution in [0.4, 0.5) is 0 Å². The van der Waals surface area contributed by atoms with Crippen molar-refractivity contribution < 1.29 is 14.3 Å². The van der Waals surface area contributed by atoms with Gasteiger partial charge in [-0.1, -0.05) is 0 Å². The van der Waals surface area contributed by atoms with E-state index in [-0.39, 0.29) is 30.3 Å². The molecule has 1 aliphatic heterocycles. The predicted molar refractivity (Wildman–Crippen MR) is 77.2 cm³/mol. The first-order chi connectivity index (χ1) is 10.0. The number of aromatic nitrogens is 2. The minimum Gasteiger partial charge on any atom is -0.381 e. The molecule has 116 valence electrons. The van der Waals surface area contributed by atoms with Crippen molar-refractivity contribution in [3.63, 3.8) is 0 Å². The Bertz CT molecular complexity index is 536. The zero-order valence-corrected chi connectivity index (χ0v) is 13.0. The minimum atomic E-state index is -0.0373. The summed E-state index contributed by atoms with van der Waals surface area (Å²) in [5.41, 5.74) is 2.50. The van der Waals surface area contributed by atoms with Crippen molar-refractivity contribution in [2.24, 2.45) is 0 Å². The molecule has 0 spiro atoms. The van der Waals surface area contributed by atoms with Crippen LogP contribution in [-0.4, -0.2) is 53.4 Å². The third-order valence-corrected chi connectivity index (χ3v) is 4.71. The molecular formula is C15H23N3O3. The van der Waals surface area contributed by atoms with E-state index >= 15 is 0 Å². The summed E-state index contributed by atoms with van der Waals surface area (Å²) in [5, 5.41) is 7.24. The minimum absolute atomic E-state index is 0.00615. The van der Waals surface area contributed by atoms with Crippen LogP contribution in [0.5, 0.6) is 0 Å². The van der Waals surface area contributed by atoms with Crippen molar-refractivity contribution in [2.45, 2.75) is 57.5 Å². The number of hydrogen-bond donors (Lipinski definition) is 1. The summed E-state index contributed by atoms with van der Waals surface area (Å²) in [7, 11) is 3.57. The molecule has 1 N–H and O–H groups in total. The Morgan fingerprint density at radius 3 is 2.81 bits per heavy atom. The van der Waals surface area contributed by atoms with Crippen LogP contribution in [-0.2, 0) is 15.9 Å². The molecule has 1 saturated carbocycles. The summed E-state index contributed by atoms with van der Waals surface area (Å²) in [6.07, 6.45) is 2.90. The van der Waals surface area contributed by atoms with Crippen LogP contribution in [0.3, 0.4) is 0 Å². The Morgan fingerprint density at radius 2 is 2.14 bits per heavy atom. The molecule has 0 unspecified atom stereocenters. The summed E-state index contributed by atoms with van der Waals surface area (Å²) in [5.74, 6) is -0.00615. The van der Waals surface area contributed by atoms with E-state index in [4.69, 9.17) is 9.47 Å². The molecule has 2 heterocycles. The van der Waals surface area contributed by atoms with Gasteiger partial charge in [0.2, 0.25) is 0 Å². The molecule has 0 saturated heterocycles. The van der Waals surface area contributed by atoms with Crippen LogP contribution >= 0.6 is 0 Å². The van der Waals surface area contributed by atoms with Gasteiger partial charge < -0.3 is 14.4 Å². The third-order valence-electron chi connectivity index (χ3n) is 4.71. The summed E-state index contributed by atoms with van der Waals surface area (Å²) < 4.78 is 11.0. The van der Waals surface area contributed by atoms with Gasteiger partial charge in [0.05, 0.1) is 24.0 Å². The maximum absolute atomic E-state index is 12.7. The van der Waals surface area contributed by atoms with Gasteiger partial charge >= 0.3 is 0 Å². The molecule has 2 aliphatic rings. The van der Waals surface area contributed by atoms with Crippen molar-refractivity contribution in [1.29, 1.82) is 0 Å². The molecule has 1 aromatic heterocycles. The number of amides is 1. The van der Waals surface area contributed by atoms with Gasteiger partial charge in [-0.2, -0.15) is 5.10 Å². The molecular weight excluding hydrogens is 270 g/mol. The summed E-state index contributed by atoms with van der Waals surface area (Å²) >= 11 is 0. The average Bonchev–Trinajstić information content (AvgIpc) is 2.80. The van der Waals surface area contributed by atoms with Gasteiger partial charge in [-0.15, -0.1) is 0 Å². The highest BCUT2D eigenvalue weighted by molar-refractivity contribution is 5.94. The Balaban J connectivity index is 1.77. The topological polar surface area (TPSA) is 67.5 Å². The lowest BCUT2D eigenvalue weighted by Crippen LogP contribution is -2.48. The van der Waals surface area contributed by atoms with Gasteiger partial charge in [0.1, 0.15) is 0 Å². The SMILES string of the molecule is COC1CC(N(C)C(=O)c2n[nH]c3c2C[C@H](C)O[C@@H]3C)C1. The van der Waals surface area contributed by atoms with Crippen LogP contribution in [0, 0.1) is 0 Å². The van der Waals surface area contributed by atoms with Crippen molar-refractivity contribution in [3.05, 3.63) is 17.0 Å². The van der Waals surface area contributed by atoms with Crippen molar-refractivity contribution in [3.8, 4) is 0 Å². The lowest BCUT2D eigenvalue weighted by Gasteiger charge is -2.40. The normalized spacial score (nSPS) is 31.4. The lowest BCUT2D eigenvalue weighted by atomic mass is 9.87. The number of carbonyl (C=O) groups is 1. The van der Waals surface area contributed by atoms with E-state index in [9.17, 15) is 4.79 Å². The summed E-state index contributed by atoms with van der Waals surface area (Å²) in [6, 6.07) is 0.254. The van der Waals surface area contributed by atoms with Crippen LogP contribution in [0.2, 0.25) is 0 Å². The maximum Gasteiger partial charge on any atom is 0.274 e. The number of rotatable bonds is 3. The Kier molecular flexibility index (Phi) is 3.75. The number of methoxy groups -OCH3 is 1. The second-order valence-electron chi connectivity index (χ2n) is 6.16. The smallest absolute Gasteiger partial charge is 0.274 e. The summed E-state index contributed by atoms with van der Waals surface area (Å²) in [4.78, 5) is 14.5. The molecule has 6 nitrogen and oxygen atoms in total. The summed E-state index contributed by atoms with van der Waals surface area (Å²) in [6.45, 7) is 4.01. The van der Waals surface area contributed by atoms with E-state index in [1.54, 1.807) is 12.0 Å². The number of nitrogens with one attached hydrogen (secondary N) is 1. The number of hydrogen-bond acceptors (Lipinski definition) is 4. The van der Waals surface area contributed by atoms with E-state index in [0.717, 1.165) is 30.5 Å². The largest absolute Gasteiger partial charge is 0.381 e. The molecule has 6 heteroatoms. The Hall–Kier alpha value is -1.40. The number of ether oxygens (including phenoxy) is 2. The van der Waals surface area contributed by atoms with Gasteiger partial charge in [0, 0.05) is 32.2 Å². The second kappa shape index (κ2) is 5.42. The number of carbonyl (C=O) groups excluding carboxylic acids is 1. The first kappa shape index (κ1) is 14.5. The Labute approximate surface area is 124 Å². The molecule has 1 aliphatic carbocycles. The van der Waals surface area contributed by atoms with Crippen LogP contribution < -0.4 is 0 Å². The lowest BCUT2D eigenvalue weighted by molar-refractivity contribution is -0.0150. The molecule has 1 amide bonds. The van der Waals surface area contributed by atoms with E-state index in [0.29, 0.717) is 5.69 Å². The molecule has 1 aromatic rings. The molecule has 0 aromatic carbocycles. The maximum atomic E-state index is 12.7. The van der Waals surface area contributed by atoms with Gasteiger partial charge in [-0.25, -0.2) is 0 Å². The number of nitrogens with zero attached hydrogens (tertiary/aromatic N) is 2. The van der Waals surface area contributed by atoms with E-state index in [1.165, 1.54) is 0 Å². The number of H-pyrrole nitrogens is 1. The zero-order chi connectivity index (χ0) is 15.1. The molecule has 1 fully saturated rings. The van der Waals surface area contributed by atoms with Crippen LogP contribution in [0.1, 0.15) is 54.5 Å². The molecule has 0 radical (unpaired) electrons. The zero-order valence-electron chi connectivity index (χ0n) is 13.0. The first-order valence-electron chi connectivity index (χ1n) is 7.53. The standard InChI is InChI=1S/C15H23N3O3/c1-8-5-12-13(9(2)21-8)16-17-14(12)15(19)18(3)10-6-11(7-10)20-4/h8-11H,5-7H2,1-4H3,(H,16,17)/t8-,9+,10?,11?/m0/s1. The monoisotopic (exact) mass is 293 g/mol. The fourth-order valence-electron chi connectivity index (χ4n) is 3.23. The van der Waals surface area contributed by atoms with Gasteiger partial charge in [-0.3, -0.25) is 9.89 Å². The quantitative estimate of drug-likeness (QED) is 0.920. The van der Waals surface area contributed by atoms with Gasteiger partial charge in [0.15, 0.2) is 5.69 Å². The molecule has 21 heavy (non-hydrogen) atoms. The number of aromatic amines is 1. The van der Waals surface area contributed by atoms with E-state index in [1.807, 2.05) is 20.9 Å². The molecule has 3 rings (SSSR count). The van der Waals surface area contributed by atoms with Crippen molar-refractivity contribution >= 4 is 5.91 Å². The highest BCUT2D eigenvalue weighted by Crippen LogP contribution is 2.32. The van der Waals surface area contributed by atoms with Crippen molar-refractivity contribution in [2.75, 3.05) is 14.2 Å². The second-order valence-corrected chi connectivity index (χ2v) is 6.16. The van der Waals surface area contributed by atoms with E-state index in [2.05, 4.69) is 10.2 Å². The van der Waals surface area contributed by atoms with E-state index < -0.39 is 0 Å². The highest BCUT2D eigenvalue weighted by atomic mass is 16.5. The average molecular weight is 293 g/mol. The highest BCUT2D eigenvalue weighted by Gasteiger charge is 2.37. The molecule has 2 atom stereocenters. The molecule has 0 bridgehead atoms. The Morgan fingerprint density at radius 1 is 1.43 bits per heavy atom. The van der Waals surface area contributed by atoms with Crippen LogP contribution in [0.25, 0.3) is 0 Å².